The van der Waals surface area contributed by atoms with E-state index in [4.69, 9.17) is 33.2 Å². The average Bonchev–Trinajstić information content (AvgIpc) is 4.14. The average molecular weight is 919 g/mol. The van der Waals surface area contributed by atoms with Gasteiger partial charge in [0.2, 0.25) is 0 Å². The van der Waals surface area contributed by atoms with Gasteiger partial charge in [0.15, 0.2) is 6.10 Å². The Morgan fingerprint density at radius 3 is 0.938 bits per heavy atom. The molecule has 4 fully saturated rings. The monoisotopic (exact) mass is 919 g/mol. The summed E-state index contributed by atoms with van der Waals surface area (Å²) in [5, 5.41) is 0. The minimum absolute atomic E-state index is 0.0941. The second-order valence-electron chi connectivity index (χ2n) is 20.4. The molecule has 4 aliphatic rings. The number of carbonyl (C=O) groups excluding carboxylic acids is 3. The highest BCUT2D eigenvalue weighted by molar-refractivity contribution is 5.71. The zero-order valence-electron chi connectivity index (χ0n) is 42.1. The van der Waals surface area contributed by atoms with Gasteiger partial charge in [-0.05, 0) is 44.9 Å². The lowest BCUT2D eigenvalue weighted by atomic mass is 10.0. The summed E-state index contributed by atoms with van der Waals surface area (Å²) < 4.78 is 40.4. The van der Waals surface area contributed by atoms with E-state index in [1.807, 2.05) is 0 Å². The Labute approximate surface area is 397 Å². The fraction of sp³-hybridized carbons (Fsp3) is 0.945. The SMILES string of the molecule is CCCCCCCCCCCCCCCC(=O)OC(COC(=O)CCCCCCCC1OC1CC1OC1CCCCC)COC(=O)CCCCCCCC1OC1CC1OC1CCCCC. The molecule has 0 aromatic heterocycles. The fourth-order valence-electron chi connectivity index (χ4n) is 9.67. The summed E-state index contributed by atoms with van der Waals surface area (Å²) in [5.41, 5.74) is 0. The molecule has 4 rings (SSSR count). The summed E-state index contributed by atoms with van der Waals surface area (Å²) in [4.78, 5) is 38.2. The first-order chi connectivity index (χ1) is 31.9. The zero-order chi connectivity index (χ0) is 46.2. The molecule has 0 aromatic rings. The van der Waals surface area contributed by atoms with Gasteiger partial charge < -0.3 is 33.2 Å². The van der Waals surface area contributed by atoms with Crippen LogP contribution in [0.3, 0.4) is 0 Å². The predicted molar refractivity (Wildman–Crippen MR) is 259 cm³/mol. The standard InChI is InChI=1S/C55H98O10/c1-4-7-10-11-12-13-14-15-16-17-18-23-32-39-55(58)61-44(42-59-53(56)37-30-24-19-21-28-35-47-51(64-47)40-49-45(62-49)33-26-8-5-2)43-60-54(57)38-31-25-20-22-29-36-48-52(65-48)41-50-46(63-50)34-27-9-6-3/h44-52H,4-43H2,1-3H3. The summed E-state index contributed by atoms with van der Waals surface area (Å²) >= 11 is 0. The number of carbonyl (C=O) groups is 3. The van der Waals surface area contributed by atoms with Gasteiger partial charge in [0.25, 0.3) is 0 Å². The van der Waals surface area contributed by atoms with Crippen LogP contribution in [0.5, 0.6) is 0 Å². The lowest BCUT2D eigenvalue weighted by Crippen LogP contribution is -2.30. The van der Waals surface area contributed by atoms with Crippen molar-refractivity contribution in [3.63, 3.8) is 0 Å². The van der Waals surface area contributed by atoms with Gasteiger partial charge in [-0.3, -0.25) is 14.4 Å². The van der Waals surface area contributed by atoms with Crippen LogP contribution in [0.15, 0.2) is 0 Å². The molecule has 0 saturated carbocycles. The van der Waals surface area contributed by atoms with E-state index in [9.17, 15) is 14.4 Å². The van der Waals surface area contributed by atoms with Crippen molar-refractivity contribution in [3.05, 3.63) is 0 Å². The summed E-state index contributed by atoms with van der Waals surface area (Å²) in [6, 6.07) is 0. The van der Waals surface area contributed by atoms with E-state index in [-0.39, 0.29) is 31.1 Å². The minimum Gasteiger partial charge on any atom is -0.462 e. The van der Waals surface area contributed by atoms with Crippen LogP contribution >= 0.6 is 0 Å². The molecule has 4 aliphatic heterocycles. The van der Waals surface area contributed by atoms with E-state index in [1.165, 1.54) is 116 Å². The third-order valence-corrected chi connectivity index (χ3v) is 14.2. The van der Waals surface area contributed by atoms with E-state index >= 15 is 0 Å². The van der Waals surface area contributed by atoms with Crippen molar-refractivity contribution in [2.75, 3.05) is 13.2 Å². The molecule has 378 valence electrons. The van der Waals surface area contributed by atoms with Crippen molar-refractivity contribution >= 4 is 17.9 Å². The topological polar surface area (TPSA) is 129 Å². The Morgan fingerprint density at radius 1 is 0.338 bits per heavy atom. The van der Waals surface area contributed by atoms with E-state index < -0.39 is 6.10 Å². The highest BCUT2D eigenvalue weighted by Gasteiger charge is 2.48. The first kappa shape index (κ1) is 55.8. The minimum atomic E-state index is -0.795. The molecule has 0 aromatic carbocycles. The van der Waals surface area contributed by atoms with Crippen LogP contribution in [-0.2, 0) is 47.5 Å². The van der Waals surface area contributed by atoms with Gasteiger partial charge in [0, 0.05) is 32.1 Å². The van der Waals surface area contributed by atoms with Crippen molar-refractivity contribution in [1.82, 2.24) is 0 Å². The zero-order valence-corrected chi connectivity index (χ0v) is 42.1. The Hall–Kier alpha value is -1.75. The first-order valence-corrected chi connectivity index (χ1v) is 28.0. The van der Waals surface area contributed by atoms with Crippen LogP contribution in [0, 0.1) is 0 Å². The maximum atomic E-state index is 12.9. The fourth-order valence-corrected chi connectivity index (χ4v) is 9.67. The Kier molecular flexibility index (Phi) is 30.4. The third-order valence-electron chi connectivity index (χ3n) is 14.2. The maximum Gasteiger partial charge on any atom is 0.306 e. The van der Waals surface area contributed by atoms with E-state index in [0.717, 1.165) is 109 Å². The van der Waals surface area contributed by atoms with Crippen LogP contribution in [0.1, 0.15) is 265 Å². The van der Waals surface area contributed by atoms with Crippen molar-refractivity contribution in [2.24, 2.45) is 0 Å². The Morgan fingerprint density at radius 2 is 0.600 bits per heavy atom. The van der Waals surface area contributed by atoms with Crippen LogP contribution in [-0.4, -0.2) is 86.1 Å². The van der Waals surface area contributed by atoms with Crippen molar-refractivity contribution in [1.29, 1.82) is 0 Å². The van der Waals surface area contributed by atoms with Crippen molar-refractivity contribution in [3.8, 4) is 0 Å². The summed E-state index contributed by atoms with van der Waals surface area (Å²) in [7, 11) is 0. The van der Waals surface area contributed by atoms with Crippen LogP contribution < -0.4 is 0 Å². The van der Waals surface area contributed by atoms with Gasteiger partial charge in [-0.2, -0.15) is 0 Å². The third kappa shape index (κ3) is 28.4. The molecule has 65 heavy (non-hydrogen) atoms. The molecule has 4 saturated heterocycles. The van der Waals surface area contributed by atoms with Gasteiger partial charge >= 0.3 is 17.9 Å². The van der Waals surface area contributed by atoms with Crippen molar-refractivity contribution < 1.29 is 47.5 Å². The first-order valence-electron chi connectivity index (χ1n) is 28.0. The largest absolute Gasteiger partial charge is 0.462 e. The van der Waals surface area contributed by atoms with Gasteiger partial charge in [-0.15, -0.1) is 0 Å². The lowest BCUT2D eigenvalue weighted by Gasteiger charge is -2.18. The number of epoxide rings is 4. The van der Waals surface area contributed by atoms with Gasteiger partial charge in [-0.25, -0.2) is 0 Å². The Balaban J connectivity index is 1.00. The highest BCUT2D eigenvalue weighted by atomic mass is 16.6. The smallest absolute Gasteiger partial charge is 0.306 e. The van der Waals surface area contributed by atoms with Gasteiger partial charge in [0.05, 0.1) is 48.8 Å². The van der Waals surface area contributed by atoms with E-state index in [2.05, 4.69) is 20.8 Å². The lowest BCUT2D eigenvalue weighted by molar-refractivity contribution is -0.167. The number of rotatable bonds is 47. The maximum absolute atomic E-state index is 12.9. The second-order valence-corrected chi connectivity index (χ2v) is 20.4. The highest BCUT2D eigenvalue weighted by Crippen LogP contribution is 2.40. The molecule has 0 amide bonds. The molecule has 8 atom stereocenters. The summed E-state index contributed by atoms with van der Waals surface area (Å²) in [6.45, 7) is 6.55. The molecule has 0 aliphatic carbocycles. The molecular formula is C55H98O10. The molecule has 10 nitrogen and oxygen atoms in total. The molecule has 0 N–H and O–H groups in total. The van der Waals surface area contributed by atoms with E-state index in [1.54, 1.807) is 0 Å². The van der Waals surface area contributed by atoms with Crippen LogP contribution in [0.2, 0.25) is 0 Å². The van der Waals surface area contributed by atoms with Crippen LogP contribution in [0.25, 0.3) is 0 Å². The predicted octanol–water partition coefficient (Wildman–Crippen LogP) is 13.9. The molecular weight excluding hydrogens is 821 g/mol. The second kappa shape index (κ2) is 35.4. The molecule has 4 heterocycles. The number of hydrogen-bond donors (Lipinski definition) is 0. The summed E-state index contributed by atoms with van der Waals surface area (Å²) in [5.74, 6) is -0.924. The Bertz CT molecular complexity index is 1160. The number of esters is 3. The van der Waals surface area contributed by atoms with Gasteiger partial charge in [0.1, 0.15) is 13.2 Å². The summed E-state index contributed by atoms with van der Waals surface area (Å²) in [6.07, 6.45) is 44.2. The van der Waals surface area contributed by atoms with Gasteiger partial charge in [-0.1, -0.05) is 188 Å². The number of ether oxygens (including phenoxy) is 7. The van der Waals surface area contributed by atoms with E-state index in [0.29, 0.717) is 68.1 Å². The van der Waals surface area contributed by atoms with Crippen molar-refractivity contribution in [2.45, 2.75) is 320 Å². The number of hydrogen-bond acceptors (Lipinski definition) is 10. The molecule has 0 spiro atoms. The van der Waals surface area contributed by atoms with Crippen LogP contribution in [0.4, 0.5) is 0 Å². The molecule has 10 heteroatoms. The normalized spacial score (nSPS) is 24.4. The quantitative estimate of drug-likeness (QED) is 0.0252. The molecule has 0 radical (unpaired) electrons. The molecule has 0 bridgehead atoms. The molecule has 8 unspecified atom stereocenters. The number of unbranched alkanes of at least 4 members (excludes halogenated alkanes) is 24.